The van der Waals surface area contributed by atoms with Crippen molar-refractivity contribution in [1.29, 1.82) is 0 Å². The Bertz CT molecular complexity index is 1150. The van der Waals surface area contributed by atoms with E-state index in [4.69, 9.17) is 4.74 Å². The fourth-order valence-corrected chi connectivity index (χ4v) is 4.44. The Hall–Kier alpha value is -3.51. The summed E-state index contributed by atoms with van der Waals surface area (Å²) in [5.74, 6) is 0.367. The Balaban J connectivity index is 1.53. The van der Waals surface area contributed by atoms with Crippen LogP contribution in [0.2, 0.25) is 0 Å². The molecule has 0 aromatic heterocycles. The van der Waals surface area contributed by atoms with Crippen LogP contribution in [0.15, 0.2) is 82.6 Å². The number of anilines is 1. The number of ether oxygens (including phenoxy) is 1. The minimum Gasteiger partial charge on any atom is -0.497 e. The van der Waals surface area contributed by atoms with Gasteiger partial charge < -0.3 is 10.1 Å². The number of hydrogen-bond donors (Lipinski definition) is 1. The van der Waals surface area contributed by atoms with E-state index in [0.29, 0.717) is 11.4 Å². The standard InChI is InChI=1S/C26H24N2O3S/c1-18-7-9-20(10-8-18)16-27-25(29)17-28-22-5-3-4-6-23(22)32-24(26(28)30)15-19-11-13-21(31-2)14-12-19/h3-15H,16-17H2,1-2H3,(H,27,29). The zero-order valence-corrected chi connectivity index (χ0v) is 18.8. The molecule has 0 fully saturated rings. The normalized spacial score (nSPS) is 14.2. The topological polar surface area (TPSA) is 58.6 Å². The molecule has 6 heteroatoms. The molecule has 0 bridgehead atoms. The summed E-state index contributed by atoms with van der Waals surface area (Å²) in [7, 11) is 1.62. The van der Waals surface area contributed by atoms with Gasteiger partial charge in [-0.25, -0.2) is 0 Å². The van der Waals surface area contributed by atoms with E-state index < -0.39 is 0 Å². The predicted molar refractivity (Wildman–Crippen MR) is 129 cm³/mol. The molecule has 32 heavy (non-hydrogen) atoms. The lowest BCUT2D eigenvalue weighted by Crippen LogP contribution is -2.42. The average Bonchev–Trinajstić information content (AvgIpc) is 2.82. The number of para-hydroxylation sites is 1. The van der Waals surface area contributed by atoms with Crippen LogP contribution in [0.5, 0.6) is 5.75 Å². The number of rotatable bonds is 6. The van der Waals surface area contributed by atoms with E-state index in [1.807, 2.05) is 85.8 Å². The highest BCUT2D eigenvalue weighted by atomic mass is 32.2. The van der Waals surface area contributed by atoms with E-state index in [1.165, 1.54) is 17.3 Å². The largest absolute Gasteiger partial charge is 0.497 e. The SMILES string of the molecule is COc1ccc(C=C2Sc3ccccc3N(CC(=O)NCc3ccc(C)cc3)C2=O)cc1. The van der Waals surface area contributed by atoms with Crippen LogP contribution < -0.4 is 15.0 Å². The number of hydrogen-bond acceptors (Lipinski definition) is 4. The van der Waals surface area contributed by atoms with Gasteiger partial charge in [0.05, 0.1) is 17.7 Å². The number of thioether (sulfide) groups is 1. The predicted octanol–water partition coefficient (Wildman–Crippen LogP) is 4.80. The van der Waals surface area contributed by atoms with Gasteiger partial charge in [-0.1, -0.05) is 65.9 Å². The molecule has 5 nitrogen and oxygen atoms in total. The zero-order valence-electron chi connectivity index (χ0n) is 18.0. The maximum absolute atomic E-state index is 13.3. The molecule has 162 valence electrons. The molecule has 1 aliphatic heterocycles. The lowest BCUT2D eigenvalue weighted by atomic mass is 10.1. The number of methoxy groups -OCH3 is 1. The molecule has 4 rings (SSSR count). The molecular weight excluding hydrogens is 420 g/mol. The Morgan fingerprint density at radius 1 is 1.03 bits per heavy atom. The van der Waals surface area contributed by atoms with Crippen LogP contribution in [0, 0.1) is 6.92 Å². The number of amides is 2. The van der Waals surface area contributed by atoms with Gasteiger partial charge in [0.1, 0.15) is 12.3 Å². The van der Waals surface area contributed by atoms with Gasteiger partial charge in [-0.05, 0) is 48.4 Å². The van der Waals surface area contributed by atoms with Crippen molar-refractivity contribution in [3.63, 3.8) is 0 Å². The number of carbonyl (C=O) groups is 2. The van der Waals surface area contributed by atoms with Gasteiger partial charge in [-0.3, -0.25) is 14.5 Å². The van der Waals surface area contributed by atoms with Gasteiger partial charge in [0.2, 0.25) is 5.91 Å². The minimum atomic E-state index is -0.204. The highest BCUT2D eigenvalue weighted by Gasteiger charge is 2.30. The molecule has 1 aliphatic rings. The maximum Gasteiger partial charge on any atom is 0.265 e. The van der Waals surface area contributed by atoms with Crippen molar-refractivity contribution in [3.8, 4) is 5.75 Å². The lowest BCUT2D eigenvalue weighted by molar-refractivity contribution is -0.122. The molecule has 0 spiro atoms. The summed E-state index contributed by atoms with van der Waals surface area (Å²) in [5.41, 5.74) is 3.83. The first-order valence-corrected chi connectivity index (χ1v) is 11.1. The first kappa shape index (κ1) is 21.7. The fourth-order valence-electron chi connectivity index (χ4n) is 3.38. The van der Waals surface area contributed by atoms with Crippen molar-refractivity contribution >= 4 is 35.3 Å². The van der Waals surface area contributed by atoms with Gasteiger partial charge in [0.25, 0.3) is 5.91 Å². The third kappa shape index (κ3) is 5.03. The summed E-state index contributed by atoms with van der Waals surface area (Å²) in [4.78, 5) is 29.1. The summed E-state index contributed by atoms with van der Waals surface area (Å²) in [6.07, 6.45) is 1.85. The quantitative estimate of drug-likeness (QED) is 0.555. The molecule has 1 N–H and O–H groups in total. The van der Waals surface area contributed by atoms with Crippen molar-refractivity contribution in [2.24, 2.45) is 0 Å². The molecule has 2 amide bonds. The number of nitrogens with zero attached hydrogens (tertiary/aromatic N) is 1. The van der Waals surface area contributed by atoms with E-state index in [9.17, 15) is 9.59 Å². The first-order chi connectivity index (χ1) is 15.5. The fraction of sp³-hybridized carbons (Fsp3) is 0.154. The number of aryl methyl sites for hydroxylation is 1. The van der Waals surface area contributed by atoms with Crippen LogP contribution in [0.4, 0.5) is 5.69 Å². The highest BCUT2D eigenvalue weighted by molar-refractivity contribution is 8.04. The van der Waals surface area contributed by atoms with E-state index in [2.05, 4.69) is 5.32 Å². The summed E-state index contributed by atoms with van der Waals surface area (Å²) >= 11 is 1.42. The van der Waals surface area contributed by atoms with Crippen LogP contribution in [-0.2, 0) is 16.1 Å². The summed E-state index contributed by atoms with van der Waals surface area (Å²) in [6.45, 7) is 2.41. The Morgan fingerprint density at radius 2 is 1.75 bits per heavy atom. The Labute approximate surface area is 192 Å². The number of fused-ring (bicyclic) bond motifs is 1. The number of carbonyl (C=O) groups excluding carboxylic acids is 2. The number of nitrogens with one attached hydrogen (secondary N) is 1. The van der Waals surface area contributed by atoms with Crippen molar-refractivity contribution in [2.75, 3.05) is 18.6 Å². The Morgan fingerprint density at radius 3 is 2.47 bits per heavy atom. The van der Waals surface area contributed by atoms with Crippen molar-refractivity contribution in [2.45, 2.75) is 18.4 Å². The van der Waals surface area contributed by atoms with E-state index in [0.717, 1.165) is 27.5 Å². The van der Waals surface area contributed by atoms with E-state index in [1.54, 1.807) is 12.0 Å². The third-order valence-corrected chi connectivity index (χ3v) is 6.23. The molecule has 3 aromatic carbocycles. The first-order valence-electron chi connectivity index (χ1n) is 10.3. The third-order valence-electron chi connectivity index (χ3n) is 5.16. The molecule has 0 radical (unpaired) electrons. The summed E-state index contributed by atoms with van der Waals surface area (Å²) in [6, 6.07) is 23.2. The van der Waals surface area contributed by atoms with Crippen molar-refractivity contribution in [3.05, 3.63) is 94.4 Å². The van der Waals surface area contributed by atoms with Gasteiger partial charge in [0.15, 0.2) is 0 Å². The second-order valence-electron chi connectivity index (χ2n) is 7.51. The van der Waals surface area contributed by atoms with Crippen LogP contribution in [-0.4, -0.2) is 25.5 Å². The zero-order chi connectivity index (χ0) is 22.5. The van der Waals surface area contributed by atoms with Crippen LogP contribution >= 0.6 is 11.8 Å². The summed E-state index contributed by atoms with van der Waals surface area (Å²) < 4.78 is 5.20. The highest BCUT2D eigenvalue weighted by Crippen LogP contribution is 2.41. The van der Waals surface area contributed by atoms with Crippen molar-refractivity contribution < 1.29 is 14.3 Å². The van der Waals surface area contributed by atoms with E-state index in [-0.39, 0.29) is 18.4 Å². The molecule has 1 heterocycles. The van der Waals surface area contributed by atoms with Gasteiger partial charge in [-0.2, -0.15) is 0 Å². The minimum absolute atomic E-state index is 0.0395. The van der Waals surface area contributed by atoms with Crippen LogP contribution in [0.25, 0.3) is 6.08 Å². The van der Waals surface area contributed by atoms with Gasteiger partial charge in [-0.15, -0.1) is 0 Å². The molecule has 0 aliphatic carbocycles. The molecule has 0 saturated heterocycles. The average molecular weight is 445 g/mol. The second-order valence-corrected chi connectivity index (χ2v) is 8.59. The Kier molecular flexibility index (Phi) is 6.61. The molecule has 0 unspecified atom stereocenters. The second kappa shape index (κ2) is 9.75. The molecule has 0 atom stereocenters. The van der Waals surface area contributed by atoms with Crippen molar-refractivity contribution in [1.82, 2.24) is 5.32 Å². The maximum atomic E-state index is 13.3. The van der Waals surface area contributed by atoms with Crippen LogP contribution in [0.3, 0.4) is 0 Å². The molecular formula is C26H24N2O3S. The molecule has 3 aromatic rings. The molecule has 0 saturated carbocycles. The van der Waals surface area contributed by atoms with E-state index >= 15 is 0 Å². The van der Waals surface area contributed by atoms with Gasteiger partial charge >= 0.3 is 0 Å². The summed E-state index contributed by atoms with van der Waals surface area (Å²) in [5, 5.41) is 2.92. The smallest absolute Gasteiger partial charge is 0.265 e. The van der Waals surface area contributed by atoms with Crippen LogP contribution in [0.1, 0.15) is 16.7 Å². The monoisotopic (exact) mass is 444 g/mol. The lowest BCUT2D eigenvalue weighted by Gasteiger charge is -2.29. The number of benzene rings is 3. The van der Waals surface area contributed by atoms with Gasteiger partial charge in [0, 0.05) is 11.4 Å².